The molecular weight excluding hydrogens is 116 g/mol. The molecular formula is C6H12N2O. The first kappa shape index (κ1) is 8.01. The van der Waals surface area contributed by atoms with Gasteiger partial charge in [-0.25, -0.2) is 4.79 Å². The molecule has 0 saturated carbocycles. The van der Waals surface area contributed by atoms with Crippen molar-refractivity contribution >= 4 is 6.03 Å². The summed E-state index contributed by atoms with van der Waals surface area (Å²) in [5, 5.41) is 2.50. The number of carbonyl (C=O) groups is 1. The van der Waals surface area contributed by atoms with Crippen LogP contribution in [0, 0.1) is 0 Å². The van der Waals surface area contributed by atoms with E-state index in [0.717, 1.165) is 0 Å². The fourth-order valence-corrected chi connectivity index (χ4v) is 0.561. The van der Waals surface area contributed by atoms with E-state index in [0.29, 0.717) is 0 Å². The van der Waals surface area contributed by atoms with E-state index in [2.05, 4.69) is 5.32 Å². The topological polar surface area (TPSA) is 55.1 Å². The molecule has 1 unspecified atom stereocenters. The summed E-state index contributed by atoms with van der Waals surface area (Å²) in [4.78, 5) is 10.2. The molecule has 0 rings (SSSR count). The quantitative estimate of drug-likeness (QED) is 0.526. The van der Waals surface area contributed by atoms with Crippen molar-refractivity contribution in [3.8, 4) is 0 Å². The second kappa shape index (κ2) is 3.95. The minimum absolute atomic E-state index is 0.0347. The molecule has 0 heterocycles. The van der Waals surface area contributed by atoms with E-state index >= 15 is 0 Å². The zero-order valence-corrected chi connectivity index (χ0v) is 5.72. The maximum atomic E-state index is 10.2. The van der Waals surface area contributed by atoms with Gasteiger partial charge in [-0.2, -0.15) is 0 Å². The highest BCUT2D eigenvalue weighted by Gasteiger charge is 1.95. The van der Waals surface area contributed by atoms with Crippen LogP contribution < -0.4 is 11.1 Å². The van der Waals surface area contributed by atoms with Crippen molar-refractivity contribution in [3.05, 3.63) is 12.2 Å². The van der Waals surface area contributed by atoms with Gasteiger partial charge in [0.05, 0.1) is 0 Å². The number of hydrogen-bond acceptors (Lipinski definition) is 1. The third-order valence-electron chi connectivity index (χ3n) is 0.851. The zero-order chi connectivity index (χ0) is 7.28. The SMILES string of the molecule is CC=CC(C)NC(N)=O. The minimum Gasteiger partial charge on any atom is -0.352 e. The molecule has 0 radical (unpaired) electrons. The molecule has 0 spiro atoms. The minimum atomic E-state index is -0.486. The number of primary amides is 1. The van der Waals surface area contributed by atoms with Crippen LogP contribution in [0.25, 0.3) is 0 Å². The Hall–Kier alpha value is -0.990. The number of nitrogens with two attached hydrogens (primary N) is 1. The average Bonchev–Trinajstić information content (AvgIpc) is 1.63. The molecule has 0 bridgehead atoms. The number of urea groups is 1. The van der Waals surface area contributed by atoms with Crippen molar-refractivity contribution in [1.82, 2.24) is 5.32 Å². The number of carbonyl (C=O) groups excluding carboxylic acids is 1. The molecule has 9 heavy (non-hydrogen) atoms. The Bertz CT molecular complexity index is 120. The highest BCUT2D eigenvalue weighted by molar-refractivity contribution is 5.72. The molecule has 2 amide bonds. The van der Waals surface area contributed by atoms with Gasteiger partial charge in [-0.15, -0.1) is 0 Å². The van der Waals surface area contributed by atoms with Gasteiger partial charge < -0.3 is 11.1 Å². The van der Waals surface area contributed by atoms with E-state index < -0.39 is 6.03 Å². The molecule has 0 fully saturated rings. The highest BCUT2D eigenvalue weighted by atomic mass is 16.2. The Labute approximate surface area is 54.9 Å². The Kier molecular flexibility index (Phi) is 3.51. The maximum Gasteiger partial charge on any atom is 0.312 e. The van der Waals surface area contributed by atoms with Gasteiger partial charge in [0.15, 0.2) is 0 Å². The highest BCUT2D eigenvalue weighted by Crippen LogP contribution is 1.81. The Balaban J connectivity index is 3.50. The smallest absolute Gasteiger partial charge is 0.312 e. The van der Waals surface area contributed by atoms with Crippen LogP contribution in [0.5, 0.6) is 0 Å². The van der Waals surface area contributed by atoms with Crippen LogP contribution in [0.2, 0.25) is 0 Å². The summed E-state index contributed by atoms with van der Waals surface area (Å²) >= 11 is 0. The van der Waals surface area contributed by atoms with Gasteiger partial charge in [0.2, 0.25) is 0 Å². The molecule has 52 valence electrons. The van der Waals surface area contributed by atoms with Crippen molar-refractivity contribution < 1.29 is 4.79 Å². The molecule has 0 aliphatic rings. The fraction of sp³-hybridized carbons (Fsp3) is 0.500. The summed E-state index contributed by atoms with van der Waals surface area (Å²) in [5.74, 6) is 0. The monoisotopic (exact) mass is 128 g/mol. The summed E-state index contributed by atoms with van der Waals surface area (Å²) < 4.78 is 0. The molecule has 0 aromatic heterocycles. The third-order valence-corrected chi connectivity index (χ3v) is 0.851. The van der Waals surface area contributed by atoms with Crippen LogP contribution in [-0.2, 0) is 0 Å². The van der Waals surface area contributed by atoms with E-state index in [4.69, 9.17) is 5.73 Å². The van der Waals surface area contributed by atoms with Crippen LogP contribution in [0.1, 0.15) is 13.8 Å². The van der Waals surface area contributed by atoms with Crippen molar-refractivity contribution in [1.29, 1.82) is 0 Å². The number of amides is 2. The molecule has 1 atom stereocenters. The van der Waals surface area contributed by atoms with E-state index in [1.54, 1.807) is 0 Å². The molecule has 0 aromatic rings. The molecule has 0 aromatic carbocycles. The predicted molar refractivity (Wildman–Crippen MR) is 37.0 cm³/mol. The lowest BCUT2D eigenvalue weighted by Crippen LogP contribution is -2.35. The Morgan fingerprint density at radius 2 is 2.33 bits per heavy atom. The number of rotatable bonds is 2. The largest absolute Gasteiger partial charge is 0.352 e. The van der Waals surface area contributed by atoms with Gasteiger partial charge in [-0.3, -0.25) is 0 Å². The first-order valence-corrected chi connectivity index (χ1v) is 2.85. The molecule has 0 saturated heterocycles. The standard InChI is InChI=1S/C6H12N2O/c1-3-4-5(2)8-6(7)9/h3-5H,1-2H3,(H3,7,8,9). The lowest BCUT2D eigenvalue weighted by molar-refractivity contribution is 0.247. The molecule has 3 N–H and O–H groups in total. The van der Waals surface area contributed by atoms with Crippen LogP contribution in [-0.4, -0.2) is 12.1 Å². The van der Waals surface area contributed by atoms with Gasteiger partial charge >= 0.3 is 6.03 Å². The lowest BCUT2D eigenvalue weighted by atomic mass is 10.3. The summed E-state index contributed by atoms with van der Waals surface area (Å²) in [5.41, 5.74) is 4.84. The van der Waals surface area contributed by atoms with Gasteiger partial charge in [0, 0.05) is 6.04 Å². The van der Waals surface area contributed by atoms with Crippen LogP contribution in [0.3, 0.4) is 0 Å². The first-order valence-electron chi connectivity index (χ1n) is 2.85. The van der Waals surface area contributed by atoms with Crippen molar-refractivity contribution in [2.45, 2.75) is 19.9 Å². The van der Waals surface area contributed by atoms with Crippen LogP contribution in [0.4, 0.5) is 4.79 Å². The predicted octanol–water partition coefficient (Wildman–Crippen LogP) is 0.619. The van der Waals surface area contributed by atoms with Gasteiger partial charge in [0.1, 0.15) is 0 Å². The zero-order valence-electron chi connectivity index (χ0n) is 5.72. The molecule has 0 aliphatic carbocycles. The van der Waals surface area contributed by atoms with Crippen molar-refractivity contribution in [3.63, 3.8) is 0 Å². The average molecular weight is 128 g/mol. The molecule has 3 heteroatoms. The van der Waals surface area contributed by atoms with Crippen LogP contribution in [0.15, 0.2) is 12.2 Å². The molecule has 3 nitrogen and oxygen atoms in total. The van der Waals surface area contributed by atoms with E-state index in [-0.39, 0.29) is 6.04 Å². The molecule has 0 aliphatic heterocycles. The van der Waals surface area contributed by atoms with Crippen molar-refractivity contribution in [2.75, 3.05) is 0 Å². The van der Waals surface area contributed by atoms with E-state index in [1.807, 2.05) is 26.0 Å². The fourth-order valence-electron chi connectivity index (χ4n) is 0.561. The maximum absolute atomic E-state index is 10.2. The van der Waals surface area contributed by atoms with Gasteiger partial charge in [-0.1, -0.05) is 12.2 Å². The van der Waals surface area contributed by atoms with Crippen molar-refractivity contribution in [2.24, 2.45) is 5.73 Å². The second-order valence-electron chi connectivity index (χ2n) is 1.82. The van der Waals surface area contributed by atoms with Crippen LogP contribution >= 0.6 is 0 Å². The number of allylic oxidation sites excluding steroid dienone is 1. The summed E-state index contributed by atoms with van der Waals surface area (Å²) in [6.45, 7) is 3.74. The van der Waals surface area contributed by atoms with Gasteiger partial charge in [-0.05, 0) is 13.8 Å². The second-order valence-corrected chi connectivity index (χ2v) is 1.82. The van der Waals surface area contributed by atoms with E-state index in [9.17, 15) is 4.79 Å². The Morgan fingerprint density at radius 1 is 1.78 bits per heavy atom. The number of nitrogens with one attached hydrogen (secondary N) is 1. The summed E-state index contributed by atoms with van der Waals surface area (Å²) in [6.07, 6.45) is 3.71. The summed E-state index contributed by atoms with van der Waals surface area (Å²) in [6, 6.07) is -0.451. The number of hydrogen-bond donors (Lipinski definition) is 2. The van der Waals surface area contributed by atoms with Gasteiger partial charge in [0.25, 0.3) is 0 Å². The Morgan fingerprint density at radius 3 is 2.67 bits per heavy atom. The third kappa shape index (κ3) is 4.87. The normalized spacial score (nSPS) is 13.6. The van der Waals surface area contributed by atoms with E-state index in [1.165, 1.54) is 0 Å². The first-order chi connectivity index (χ1) is 4.16. The lowest BCUT2D eigenvalue weighted by Gasteiger charge is -2.04. The summed E-state index contributed by atoms with van der Waals surface area (Å²) in [7, 11) is 0.